The van der Waals surface area contributed by atoms with Crippen LogP contribution in [0.4, 0.5) is 0 Å². The molecule has 24 heavy (non-hydrogen) atoms. The number of hydrogen-bond acceptors (Lipinski definition) is 3. The lowest BCUT2D eigenvalue weighted by Crippen LogP contribution is -2.00. The molecule has 0 bridgehead atoms. The molecule has 3 aromatic rings. The van der Waals surface area contributed by atoms with Gasteiger partial charge in [0.25, 0.3) is 0 Å². The van der Waals surface area contributed by atoms with E-state index < -0.39 is 0 Å². The maximum atomic E-state index is 8.85. The standard InChI is InChI=1S/C19H16ClN3O/c1-13-9-14(2)23(22-13)17-6-3-15(4-7-17)12-24-19-8-5-16(11-21)10-18(19)20/h3-10H,12H2,1-2H3. The third-order valence-corrected chi connectivity index (χ3v) is 3.94. The highest BCUT2D eigenvalue weighted by Crippen LogP contribution is 2.26. The number of nitrogens with zero attached hydrogens (tertiary/aromatic N) is 3. The third-order valence-electron chi connectivity index (χ3n) is 3.65. The van der Waals surface area contributed by atoms with Gasteiger partial charge in [0, 0.05) is 5.69 Å². The van der Waals surface area contributed by atoms with Crippen LogP contribution in [-0.4, -0.2) is 9.78 Å². The maximum Gasteiger partial charge on any atom is 0.138 e. The molecule has 5 heteroatoms. The third kappa shape index (κ3) is 3.42. The molecular formula is C19H16ClN3O. The Morgan fingerprint density at radius 3 is 2.46 bits per heavy atom. The molecule has 0 N–H and O–H groups in total. The summed E-state index contributed by atoms with van der Waals surface area (Å²) in [5, 5.41) is 13.8. The van der Waals surface area contributed by atoms with Crippen molar-refractivity contribution < 1.29 is 4.74 Å². The summed E-state index contributed by atoms with van der Waals surface area (Å²) in [6.45, 7) is 4.42. The highest BCUT2D eigenvalue weighted by Gasteiger charge is 2.06. The van der Waals surface area contributed by atoms with Gasteiger partial charge in [0.15, 0.2) is 0 Å². The Morgan fingerprint density at radius 2 is 1.88 bits per heavy atom. The molecule has 3 rings (SSSR count). The zero-order valence-electron chi connectivity index (χ0n) is 13.5. The van der Waals surface area contributed by atoms with Gasteiger partial charge in [-0.3, -0.25) is 0 Å². The smallest absolute Gasteiger partial charge is 0.138 e. The van der Waals surface area contributed by atoms with Crippen molar-refractivity contribution in [3.63, 3.8) is 0 Å². The highest BCUT2D eigenvalue weighted by molar-refractivity contribution is 6.32. The normalized spacial score (nSPS) is 10.4. The van der Waals surface area contributed by atoms with Crippen molar-refractivity contribution in [1.29, 1.82) is 5.26 Å². The van der Waals surface area contributed by atoms with E-state index in [0.717, 1.165) is 22.6 Å². The summed E-state index contributed by atoms with van der Waals surface area (Å²) in [6, 6.07) is 17.1. The van der Waals surface area contributed by atoms with E-state index in [1.165, 1.54) is 0 Å². The average Bonchev–Trinajstić information content (AvgIpc) is 2.92. The molecule has 0 spiro atoms. The molecule has 0 atom stereocenters. The molecule has 2 aromatic carbocycles. The van der Waals surface area contributed by atoms with Crippen LogP contribution in [0, 0.1) is 25.2 Å². The Morgan fingerprint density at radius 1 is 1.12 bits per heavy atom. The molecule has 120 valence electrons. The summed E-state index contributed by atoms with van der Waals surface area (Å²) < 4.78 is 7.65. The monoisotopic (exact) mass is 337 g/mol. The number of nitriles is 1. The number of benzene rings is 2. The second-order valence-corrected chi connectivity index (χ2v) is 5.96. The Balaban J connectivity index is 1.71. The number of halogens is 1. The van der Waals surface area contributed by atoms with Gasteiger partial charge in [0.2, 0.25) is 0 Å². The molecule has 1 aromatic heterocycles. The minimum absolute atomic E-state index is 0.406. The minimum atomic E-state index is 0.406. The molecule has 4 nitrogen and oxygen atoms in total. The summed E-state index contributed by atoms with van der Waals surface area (Å²) in [4.78, 5) is 0. The van der Waals surface area contributed by atoms with Crippen molar-refractivity contribution in [2.45, 2.75) is 20.5 Å². The topological polar surface area (TPSA) is 50.8 Å². The minimum Gasteiger partial charge on any atom is -0.487 e. The molecule has 0 saturated carbocycles. The van der Waals surface area contributed by atoms with E-state index in [4.69, 9.17) is 21.6 Å². The SMILES string of the molecule is Cc1cc(C)n(-c2ccc(COc3ccc(C#N)cc3Cl)cc2)n1. The van der Waals surface area contributed by atoms with Crippen LogP contribution < -0.4 is 4.74 Å². The molecule has 0 aliphatic heterocycles. The lowest BCUT2D eigenvalue weighted by Gasteiger charge is -2.09. The van der Waals surface area contributed by atoms with Crippen LogP contribution in [0.2, 0.25) is 5.02 Å². The quantitative estimate of drug-likeness (QED) is 0.699. The first kappa shape index (κ1) is 16.1. The van der Waals surface area contributed by atoms with Crippen LogP contribution in [0.5, 0.6) is 5.75 Å². The van der Waals surface area contributed by atoms with Crippen LogP contribution in [0.25, 0.3) is 5.69 Å². The van der Waals surface area contributed by atoms with Gasteiger partial charge in [-0.2, -0.15) is 10.4 Å². The van der Waals surface area contributed by atoms with Crippen LogP contribution in [0.15, 0.2) is 48.5 Å². The molecular weight excluding hydrogens is 322 g/mol. The number of aromatic nitrogens is 2. The van der Waals surface area contributed by atoms with Crippen molar-refractivity contribution in [3.8, 4) is 17.5 Å². The van der Waals surface area contributed by atoms with Gasteiger partial charge in [-0.25, -0.2) is 4.68 Å². The molecule has 0 fully saturated rings. The van der Waals surface area contributed by atoms with Gasteiger partial charge in [-0.1, -0.05) is 23.7 Å². The van der Waals surface area contributed by atoms with E-state index in [0.29, 0.717) is 22.9 Å². The molecule has 0 saturated heterocycles. The zero-order valence-corrected chi connectivity index (χ0v) is 14.2. The van der Waals surface area contributed by atoms with Gasteiger partial charge in [0.05, 0.1) is 28.0 Å². The van der Waals surface area contributed by atoms with Crippen LogP contribution in [0.1, 0.15) is 22.5 Å². The van der Waals surface area contributed by atoms with Crippen molar-refractivity contribution >= 4 is 11.6 Å². The largest absolute Gasteiger partial charge is 0.487 e. The summed E-state index contributed by atoms with van der Waals surface area (Å²) in [5.74, 6) is 0.568. The predicted octanol–water partition coefficient (Wildman–Crippen LogP) is 4.59. The lowest BCUT2D eigenvalue weighted by molar-refractivity contribution is 0.306. The van der Waals surface area contributed by atoms with Crippen molar-refractivity contribution in [2.24, 2.45) is 0 Å². The summed E-state index contributed by atoms with van der Waals surface area (Å²) in [7, 11) is 0. The fourth-order valence-electron chi connectivity index (χ4n) is 2.47. The second kappa shape index (κ2) is 6.77. The van der Waals surface area contributed by atoms with E-state index in [9.17, 15) is 0 Å². The predicted molar refractivity (Wildman–Crippen MR) is 93.5 cm³/mol. The fourth-order valence-corrected chi connectivity index (χ4v) is 2.71. The van der Waals surface area contributed by atoms with E-state index in [2.05, 4.69) is 5.10 Å². The van der Waals surface area contributed by atoms with E-state index in [1.807, 2.05) is 54.9 Å². The zero-order chi connectivity index (χ0) is 17.1. The van der Waals surface area contributed by atoms with Crippen LogP contribution >= 0.6 is 11.6 Å². The van der Waals surface area contributed by atoms with E-state index in [-0.39, 0.29) is 0 Å². The van der Waals surface area contributed by atoms with Gasteiger partial charge in [0.1, 0.15) is 12.4 Å². The molecule has 0 radical (unpaired) electrons. The number of aryl methyl sites for hydroxylation is 2. The molecule has 0 aliphatic carbocycles. The molecule has 1 heterocycles. The number of hydrogen-bond donors (Lipinski definition) is 0. The first-order valence-corrected chi connectivity index (χ1v) is 7.89. The van der Waals surface area contributed by atoms with Gasteiger partial charge < -0.3 is 4.74 Å². The Bertz CT molecular complexity index is 907. The second-order valence-electron chi connectivity index (χ2n) is 5.55. The first-order chi connectivity index (χ1) is 11.6. The van der Waals surface area contributed by atoms with Gasteiger partial charge in [-0.15, -0.1) is 0 Å². The molecule has 0 amide bonds. The van der Waals surface area contributed by atoms with Crippen molar-refractivity contribution in [2.75, 3.05) is 0 Å². The van der Waals surface area contributed by atoms with Crippen LogP contribution in [-0.2, 0) is 6.61 Å². The molecule has 0 unspecified atom stereocenters. The summed E-state index contributed by atoms with van der Waals surface area (Å²) in [6.07, 6.45) is 0. The highest BCUT2D eigenvalue weighted by atomic mass is 35.5. The summed E-state index contributed by atoms with van der Waals surface area (Å²) >= 11 is 6.11. The number of ether oxygens (including phenoxy) is 1. The van der Waals surface area contributed by atoms with E-state index in [1.54, 1.807) is 18.2 Å². The number of rotatable bonds is 4. The molecule has 0 aliphatic rings. The first-order valence-electron chi connectivity index (χ1n) is 7.52. The Kier molecular flexibility index (Phi) is 4.54. The van der Waals surface area contributed by atoms with Gasteiger partial charge in [-0.05, 0) is 55.8 Å². The Hall–Kier alpha value is -2.77. The lowest BCUT2D eigenvalue weighted by atomic mass is 10.2. The van der Waals surface area contributed by atoms with Crippen molar-refractivity contribution in [3.05, 3.63) is 76.1 Å². The average molecular weight is 338 g/mol. The van der Waals surface area contributed by atoms with Crippen LogP contribution in [0.3, 0.4) is 0 Å². The fraction of sp³-hybridized carbons (Fsp3) is 0.158. The van der Waals surface area contributed by atoms with Gasteiger partial charge >= 0.3 is 0 Å². The summed E-state index contributed by atoms with van der Waals surface area (Å²) in [5.41, 5.74) is 4.65. The van der Waals surface area contributed by atoms with E-state index >= 15 is 0 Å². The maximum absolute atomic E-state index is 8.85. The Labute approximate surface area is 145 Å². The van der Waals surface area contributed by atoms with Crippen molar-refractivity contribution in [1.82, 2.24) is 9.78 Å².